The number of nitrogens with zero attached hydrogens (tertiary/aromatic N) is 1. The minimum atomic E-state index is -4.55. The molecule has 0 amide bonds. The molecule has 2 atom stereocenters. The van der Waals surface area contributed by atoms with Gasteiger partial charge in [-0.1, -0.05) is 0 Å². The minimum Gasteiger partial charge on any atom is -0.480 e. The Balaban J connectivity index is 2.11. The van der Waals surface area contributed by atoms with Crippen molar-refractivity contribution >= 4 is 5.97 Å². The largest absolute Gasteiger partial charge is 0.480 e. The van der Waals surface area contributed by atoms with E-state index >= 15 is 0 Å². The summed E-state index contributed by atoms with van der Waals surface area (Å²) in [5, 5.41) is 11.4. The Morgan fingerprint density at radius 3 is 2.84 bits per heavy atom. The van der Waals surface area contributed by atoms with E-state index in [1.165, 1.54) is 12.3 Å². The predicted octanol–water partition coefficient (Wildman–Crippen LogP) is 1.29. The second-order valence-corrected chi connectivity index (χ2v) is 4.13. The lowest BCUT2D eigenvalue weighted by Crippen LogP contribution is -2.30. The number of pyridine rings is 1. The van der Waals surface area contributed by atoms with Gasteiger partial charge in [0.25, 0.3) is 0 Å². The summed E-state index contributed by atoms with van der Waals surface area (Å²) >= 11 is 0. The average Bonchev–Trinajstić information content (AvgIpc) is 2.77. The Kier molecular flexibility index (Phi) is 3.61. The van der Waals surface area contributed by atoms with E-state index in [0.717, 1.165) is 6.07 Å². The number of rotatable bonds is 3. The second-order valence-electron chi connectivity index (χ2n) is 4.13. The Labute approximate surface area is 106 Å². The molecule has 0 bridgehead atoms. The van der Waals surface area contributed by atoms with Crippen LogP contribution in [0, 0.1) is 0 Å². The highest BCUT2D eigenvalue weighted by molar-refractivity contribution is 5.73. The van der Waals surface area contributed by atoms with Crippen LogP contribution in [-0.2, 0) is 11.0 Å². The molecule has 1 aliphatic rings. The van der Waals surface area contributed by atoms with Crippen LogP contribution in [0.1, 0.15) is 12.0 Å². The molecule has 2 unspecified atom stereocenters. The minimum absolute atomic E-state index is 0.100. The average molecular weight is 276 g/mol. The van der Waals surface area contributed by atoms with E-state index in [4.69, 9.17) is 9.84 Å². The first-order valence-electron chi connectivity index (χ1n) is 5.53. The lowest BCUT2D eigenvalue weighted by atomic mass is 10.2. The molecule has 1 fully saturated rings. The Bertz CT molecular complexity index is 478. The fourth-order valence-electron chi connectivity index (χ4n) is 1.84. The summed E-state index contributed by atoms with van der Waals surface area (Å²) in [6.07, 6.45) is -3.90. The maximum absolute atomic E-state index is 12.7. The van der Waals surface area contributed by atoms with Crippen molar-refractivity contribution in [2.75, 3.05) is 6.54 Å². The number of alkyl halides is 3. The van der Waals surface area contributed by atoms with E-state index < -0.39 is 35.7 Å². The highest BCUT2D eigenvalue weighted by Crippen LogP contribution is 2.35. The fraction of sp³-hybridized carbons (Fsp3) is 0.455. The van der Waals surface area contributed by atoms with Crippen LogP contribution in [-0.4, -0.2) is 34.8 Å². The van der Waals surface area contributed by atoms with Crippen LogP contribution >= 0.6 is 0 Å². The third-order valence-electron chi connectivity index (χ3n) is 2.74. The number of halogens is 3. The van der Waals surface area contributed by atoms with Crippen molar-refractivity contribution in [3.05, 3.63) is 23.9 Å². The fourth-order valence-corrected chi connectivity index (χ4v) is 1.84. The predicted molar refractivity (Wildman–Crippen MR) is 57.7 cm³/mol. The number of ether oxygens (including phenoxy) is 1. The van der Waals surface area contributed by atoms with Crippen LogP contribution in [0.15, 0.2) is 18.3 Å². The van der Waals surface area contributed by atoms with Crippen molar-refractivity contribution in [1.82, 2.24) is 10.3 Å². The zero-order valence-corrected chi connectivity index (χ0v) is 9.65. The van der Waals surface area contributed by atoms with Gasteiger partial charge in [-0.05, 0) is 12.1 Å². The first kappa shape index (κ1) is 13.6. The van der Waals surface area contributed by atoms with Gasteiger partial charge in [0, 0.05) is 19.2 Å². The molecular formula is C11H11F3N2O3. The molecule has 0 radical (unpaired) electrons. The van der Waals surface area contributed by atoms with Crippen molar-refractivity contribution < 1.29 is 27.8 Å². The summed E-state index contributed by atoms with van der Waals surface area (Å²) < 4.78 is 43.2. The molecule has 0 aromatic carbocycles. The number of hydrogen-bond donors (Lipinski definition) is 2. The molecule has 2 rings (SSSR count). The topological polar surface area (TPSA) is 71.5 Å². The third-order valence-corrected chi connectivity index (χ3v) is 2.74. The molecule has 8 heteroatoms. The van der Waals surface area contributed by atoms with Gasteiger partial charge in [-0.2, -0.15) is 13.2 Å². The lowest BCUT2D eigenvalue weighted by molar-refractivity contribution is -0.141. The van der Waals surface area contributed by atoms with Crippen molar-refractivity contribution in [2.24, 2.45) is 0 Å². The second kappa shape index (κ2) is 5.04. The summed E-state index contributed by atoms with van der Waals surface area (Å²) in [6, 6.07) is 1.24. The summed E-state index contributed by atoms with van der Waals surface area (Å²) in [6.45, 7) is 0.171. The normalized spacial score (nSPS) is 23.3. The summed E-state index contributed by atoms with van der Waals surface area (Å²) in [7, 11) is 0. The van der Waals surface area contributed by atoms with Crippen molar-refractivity contribution in [1.29, 1.82) is 0 Å². The molecule has 1 saturated heterocycles. The SMILES string of the molecule is O=C(O)C1CC(Oc2ncccc2C(F)(F)F)CN1. The highest BCUT2D eigenvalue weighted by Gasteiger charge is 2.37. The summed E-state index contributed by atoms with van der Waals surface area (Å²) in [4.78, 5) is 14.3. The van der Waals surface area contributed by atoms with E-state index in [-0.39, 0.29) is 13.0 Å². The van der Waals surface area contributed by atoms with Gasteiger partial charge < -0.3 is 15.2 Å². The first-order valence-corrected chi connectivity index (χ1v) is 5.53. The number of carbonyl (C=O) groups is 1. The molecule has 1 aliphatic heterocycles. The van der Waals surface area contributed by atoms with Crippen molar-refractivity contribution in [2.45, 2.75) is 24.7 Å². The van der Waals surface area contributed by atoms with Gasteiger partial charge in [-0.3, -0.25) is 4.79 Å². The first-order chi connectivity index (χ1) is 8.88. The van der Waals surface area contributed by atoms with Crippen molar-refractivity contribution in [3.63, 3.8) is 0 Å². The van der Waals surface area contributed by atoms with E-state index in [9.17, 15) is 18.0 Å². The van der Waals surface area contributed by atoms with Gasteiger partial charge in [-0.25, -0.2) is 4.98 Å². The molecule has 5 nitrogen and oxygen atoms in total. The van der Waals surface area contributed by atoms with Gasteiger partial charge >= 0.3 is 12.1 Å². The van der Waals surface area contributed by atoms with E-state index in [1.807, 2.05) is 0 Å². The maximum Gasteiger partial charge on any atom is 0.421 e. The van der Waals surface area contributed by atoms with Crippen molar-refractivity contribution in [3.8, 4) is 5.88 Å². The van der Waals surface area contributed by atoms with Gasteiger partial charge in [0.2, 0.25) is 5.88 Å². The van der Waals surface area contributed by atoms with Gasteiger partial charge in [0.15, 0.2) is 0 Å². The van der Waals surface area contributed by atoms with Gasteiger partial charge in [0.05, 0.1) is 0 Å². The molecular weight excluding hydrogens is 265 g/mol. The smallest absolute Gasteiger partial charge is 0.421 e. The van der Waals surface area contributed by atoms with Crippen LogP contribution in [0.3, 0.4) is 0 Å². The number of hydrogen-bond acceptors (Lipinski definition) is 4. The number of aromatic nitrogens is 1. The van der Waals surface area contributed by atoms with Crippen LogP contribution < -0.4 is 10.1 Å². The van der Waals surface area contributed by atoms with Gasteiger partial charge in [-0.15, -0.1) is 0 Å². The number of aliphatic carboxylic acids is 1. The highest BCUT2D eigenvalue weighted by atomic mass is 19.4. The molecule has 1 aromatic heterocycles. The third kappa shape index (κ3) is 3.14. The molecule has 2 N–H and O–H groups in total. The van der Waals surface area contributed by atoms with E-state index in [2.05, 4.69) is 10.3 Å². The number of nitrogens with one attached hydrogen (secondary N) is 1. The zero-order chi connectivity index (χ0) is 14.0. The molecule has 0 spiro atoms. The molecule has 1 aromatic rings. The van der Waals surface area contributed by atoms with Crippen LogP contribution in [0.5, 0.6) is 5.88 Å². The van der Waals surface area contributed by atoms with Gasteiger partial charge in [0.1, 0.15) is 17.7 Å². The molecule has 2 heterocycles. The van der Waals surface area contributed by atoms with E-state index in [0.29, 0.717) is 0 Å². The van der Waals surface area contributed by atoms with Crippen LogP contribution in [0.25, 0.3) is 0 Å². The summed E-state index contributed by atoms with van der Waals surface area (Å²) in [5.41, 5.74) is -0.964. The molecule has 0 aliphatic carbocycles. The Morgan fingerprint density at radius 1 is 1.53 bits per heavy atom. The van der Waals surface area contributed by atoms with E-state index in [1.54, 1.807) is 0 Å². The summed E-state index contributed by atoms with van der Waals surface area (Å²) in [5.74, 6) is -1.57. The maximum atomic E-state index is 12.7. The number of carboxylic acid groups (broad SMARTS) is 1. The standard InChI is InChI=1S/C11H11F3N2O3/c12-11(13,14)7-2-1-3-15-9(7)19-6-4-8(10(17)18)16-5-6/h1-3,6,8,16H,4-5H2,(H,17,18). The molecule has 104 valence electrons. The quantitative estimate of drug-likeness (QED) is 0.870. The Morgan fingerprint density at radius 2 is 2.26 bits per heavy atom. The Hall–Kier alpha value is -1.83. The lowest BCUT2D eigenvalue weighted by Gasteiger charge is -2.16. The monoisotopic (exact) mass is 276 g/mol. The number of carboxylic acids is 1. The molecule has 19 heavy (non-hydrogen) atoms. The van der Waals surface area contributed by atoms with Crippen LogP contribution in [0.4, 0.5) is 13.2 Å². The van der Waals surface area contributed by atoms with Crippen LogP contribution in [0.2, 0.25) is 0 Å². The zero-order valence-electron chi connectivity index (χ0n) is 9.65. The molecule has 0 saturated carbocycles.